The van der Waals surface area contributed by atoms with Crippen molar-refractivity contribution in [3.63, 3.8) is 0 Å². The molecule has 1 aliphatic heterocycles. The highest BCUT2D eigenvalue weighted by Crippen LogP contribution is 2.19. The molecule has 1 aliphatic rings. The predicted molar refractivity (Wildman–Crippen MR) is 67.6 cm³/mol. The van der Waals surface area contributed by atoms with Crippen molar-refractivity contribution >= 4 is 28.5 Å². The van der Waals surface area contributed by atoms with Crippen LogP contribution in [0.5, 0.6) is 0 Å². The molecule has 1 saturated heterocycles. The number of aryl methyl sites for hydroxylation is 1. The molecule has 0 radical (unpaired) electrons. The van der Waals surface area contributed by atoms with Gasteiger partial charge in [0.15, 0.2) is 11.5 Å². The topological polar surface area (TPSA) is 73.1 Å². The van der Waals surface area contributed by atoms with E-state index in [1.54, 1.807) is 22.8 Å². The molecule has 0 saturated carbocycles. The van der Waals surface area contributed by atoms with E-state index in [-0.39, 0.29) is 12.5 Å². The van der Waals surface area contributed by atoms with E-state index in [9.17, 15) is 4.79 Å². The van der Waals surface area contributed by atoms with Crippen LogP contribution in [-0.4, -0.2) is 50.3 Å². The van der Waals surface area contributed by atoms with Gasteiger partial charge in [-0.3, -0.25) is 9.48 Å². The Morgan fingerprint density at radius 1 is 1.47 bits per heavy atom. The number of fused-ring (bicyclic) bond motifs is 1. The van der Waals surface area contributed by atoms with Crippen molar-refractivity contribution in [1.29, 1.82) is 0 Å². The SMILES string of the molecule is Cn1ncc2c(Cl)nc(CN3CCOCC3=O)nc21. The molecule has 0 unspecified atom stereocenters. The zero-order chi connectivity index (χ0) is 13.4. The highest BCUT2D eigenvalue weighted by molar-refractivity contribution is 6.33. The minimum absolute atomic E-state index is 0.0592. The van der Waals surface area contributed by atoms with Crippen molar-refractivity contribution in [3.05, 3.63) is 17.2 Å². The highest BCUT2D eigenvalue weighted by atomic mass is 35.5. The van der Waals surface area contributed by atoms with Gasteiger partial charge in [-0.15, -0.1) is 0 Å². The van der Waals surface area contributed by atoms with Crippen LogP contribution in [0.4, 0.5) is 0 Å². The molecule has 2 aromatic rings. The maximum atomic E-state index is 11.7. The van der Waals surface area contributed by atoms with Crippen molar-refractivity contribution in [1.82, 2.24) is 24.6 Å². The Hall–Kier alpha value is -1.73. The van der Waals surface area contributed by atoms with Gasteiger partial charge in [0.2, 0.25) is 5.91 Å². The number of hydrogen-bond acceptors (Lipinski definition) is 5. The summed E-state index contributed by atoms with van der Waals surface area (Å²) in [6, 6.07) is 0. The van der Waals surface area contributed by atoms with E-state index < -0.39 is 0 Å². The third-order valence-electron chi connectivity index (χ3n) is 3.01. The summed E-state index contributed by atoms with van der Waals surface area (Å²) < 4.78 is 6.71. The van der Waals surface area contributed by atoms with E-state index in [4.69, 9.17) is 16.3 Å². The lowest BCUT2D eigenvalue weighted by atomic mass is 10.3. The molecular weight excluding hydrogens is 270 g/mol. The van der Waals surface area contributed by atoms with Crippen LogP contribution in [0.2, 0.25) is 5.15 Å². The molecule has 0 N–H and O–H groups in total. The fourth-order valence-corrected chi connectivity index (χ4v) is 2.22. The largest absolute Gasteiger partial charge is 0.370 e. The van der Waals surface area contributed by atoms with Gasteiger partial charge in [-0.05, 0) is 0 Å². The summed E-state index contributed by atoms with van der Waals surface area (Å²) in [6.07, 6.45) is 1.63. The molecule has 0 aliphatic carbocycles. The van der Waals surface area contributed by atoms with Crippen molar-refractivity contribution < 1.29 is 9.53 Å². The predicted octanol–water partition coefficient (Wildman–Crippen LogP) is 0.375. The summed E-state index contributed by atoms with van der Waals surface area (Å²) in [5.74, 6) is 0.451. The quantitative estimate of drug-likeness (QED) is 0.744. The maximum absolute atomic E-state index is 11.7. The Kier molecular flexibility index (Phi) is 3.08. The number of amides is 1. The van der Waals surface area contributed by atoms with Crippen molar-refractivity contribution in [3.8, 4) is 0 Å². The molecule has 0 bridgehead atoms. The van der Waals surface area contributed by atoms with Gasteiger partial charge in [0.05, 0.1) is 24.7 Å². The number of hydrogen-bond donors (Lipinski definition) is 0. The van der Waals surface area contributed by atoms with Crippen LogP contribution in [-0.2, 0) is 23.1 Å². The second kappa shape index (κ2) is 4.75. The average Bonchev–Trinajstić information content (AvgIpc) is 2.75. The Bertz CT molecular complexity index is 641. The first-order valence-electron chi connectivity index (χ1n) is 5.85. The lowest BCUT2D eigenvalue weighted by Crippen LogP contribution is -2.41. The monoisotopic (exact) mass is 281 g/mol. The molecular formula is C11H12ClN5O2. The van der Waals surface area contributed by atoms with Crippen LogP contribution in [0, 0.1) is 0 Å². The molecule has 7 nitrogen and oxygen atoms in total. The summed E-state index contributed by atoms with van der Waals surface area (Å²) in [6.45, 7) is 1.53. The van der Waals surface area contributed by atoms with Gasteiger partial charge < -0.3 is 9.64 Å². The van der Waals surface area contributed by atoms with Crippen LogP contribution >= 0.6 is 11.6 Å². The number of rotatable bonds is 2. The Balaban J connectivity index is 1.92. The molecule has 0 spiro atoms. The molecule has 1 amide bonds. The number of carbonyl (C=O) groups excluding carboxylic acids is 1. The third kappa shape index (κ3) is 2.26. The molecule has 0 aromatic carbocycles. The van der Waals surface area contributed by atoms with Gasteiger partial charge in [0.25, 0.3) is 0 Å². The average molecular weight is 282 g/mol. The van der Waals surface area contributed by atoms with E-state index in [2.05, 4.69) is 15.1 Å². The van der Waals surface area contributed by atoms with E-state index in [1.807, 2.05) is 0 Å². The molecule has 3 rings (SSSR count). The van der Waals surface area contributed by atoms with E-state index in [0.29, 0.717) is 41.7 Å². The van der Waals surface area contributed by atoms with E-state index in [0.717, 1.165) is 0 Å². The van der Waals surface area contributed by atoms with Crippen LogP contribution in [0.25, 0.3) is 11.0 Å². The highest BCUT2D eigenvalue weighted by Gasteiger charge is 2.20. The third-order valence-corrected chi connectivity index (χ3v) is 3.30. The minimum atomic E-state index is -0.0592. The molecule has 2 aromatic heterocycles. The number of aromatic nitrogens is 4. The van der Waals surface area contributed by atoms with Gasteiger partial charge in [-0.2, -0.15) is 5.10 Å². The Labute approximate surface area is 114 Å². The Morgan fingerprint density at radius 3 is 3.11 bits per heavy atom. The molecule has 8 heteroatoms. The summed E-state index contributed by atoms with van der Waals surface area (Å²) in [4.78, 5) is 21.9. The fourth-order valence-electron chi connectivity index (χ4n) is 1.99. The molecule has 1 fully saturated rings. The van der Waals surface area contributed by atoms with E-state index >= 15 is 0 Å². The first-order chi connectivity index (χ1) is 9.15. The summed E-state index contributed by atoms with van der Waals surface area (Å²) in [5, 5.41) is 5.15. The minimum Gasteiger partial charge on any atom is -0.370 e. The van der Waals surface area contributed by atoms with Gasteiger partial charge in [0, 0.05) is 13.6 Å². The lowest BCUT2D eigenvalue weighted by molar-refractivity contribution is -0.143. The molecule has 100 valence electrons. The van der Waals surface area contributed by atoms with Gasteiger partial charge in [-0.1, -0.05) is 11.6 Å². The normalized spacial score (nSPS) is 16.3. The standard InChI is InChI=1S/C11H12ClN5O2/c1-16-11-7(4-13-16)10(12)14-8(15-11)5-17-2-3-19-6-9(17)18/h4H,2-3,5-6H2,1H3. The number of morpholine rings is 1. The van der Waals surface area contributed by atoms with E-state index in [1.165, 1.54) is 0 Å². The Morgan fingerprint density at radius 2 is 2.32 bits per heavy atom. The van der Waals surface area contributed by atoms with Gasteiger partial charge in [0.1, 0.15) is 11.8 Å². The second-order valence-electron chi connectivity index (χ2n) is 4.30. The summed E-state index contributed by atoms with van der Waals surface area (Å²) >= 11 is 6.10. The van der Waals surface area contributed by atoms with Crippen molar-refractivity contribution in [2.24, 2.45) is 7.05 Å². The molecule has 0 atom stereocenters. The van der Waals surface area contributed by atoms with Crippen LogP contribution in [0.15, 0.2) is 6.20 Å². The number of ether oxygens (including phenoxy) is 1. The second-order valence-corrected chi connectivity index (χ2v) is 4.66. The lowest BCUT2D eigenvalue weighted by Gasteiger charge is -2.25. The maximum Gasteiger partial charge on any atom is 0.249 e. The molecule has 19 heavy (non-hydrogen) atoms. The summed E-state index contributed by atoms with van der Waals surface area (Å²) in [7, 11) is 1.79. The number of nitrogens with zero attached hydrogens (tertiary/aromatic N) is 5. The number of carbonyl (C=O) groups is 1. The smallest absolute Gasteiger partial charge is 0.249 e. The first-order valence-corrected chi connectivity index (χ1v) is 6.22. The first kappa shape index (κ1) is 12.3. The summed E-state index contributed by atoms with van der Waals surface area (Å²) in [5.41, 5.74) is 0.663. The molecule has 3 heterocycles. The van der Waals surface area contributed by atoms with Gasteiger partial charge >= 0.3 is 0 Å². The van der Waals surface area contributed by atoms with Crippen LogP contribution in [0.3, 0.4) is 0 Å². The van der Waals surface area contributed by atoms with Crippen molar-refractivity contribution in [2.45, 2.75) is 6.54 Å². The number of halogens is 1. The van der Waals surface area contributed by atoms with Gasteiger partial charge in [-0.25, -0.2) is 9.97 Å². The zero-order valence-electron chi connectivity index (χ0n) is 10.3. The van der Waals surface area contributed by atoms with Crippen LogP contribution in [0.1, 0.15) is 5.82 Å². The fraction of sp³-hybridized carbons (Fsp3) is 0.455. The van der Waals surface area contributed by atoms with Crippen molar-refractivity contribution in [2.75, 3.05) is 19.8 Å². The zero-order valence-corrected chi connectivity index (χ0v) is 11.1. The van der Waals surface area contributed by atoms with Crippen LogP contribution < -0.4 is 0 Å².